The van der Waals surface area contributed by atoms with Crippen LogP contribution in [0.2, 0.25) is 0 Å². The fraction of sp³-hybridized carbons (Fsp3) is 0.615. The second kappa shape index (κ2) is 5.71. The average Bonchev–Trinajstić information content (AvgIpc) is 2.75. The van der Waals surface area contributed by atoms with Crippen molar-refractivity contribution >= 4 is 22.3 Å². The highest BCUT2D eigenvalue weighted by Crippen LogP contribution is 2.24. The summed E-state index contributed by atoms with van der Waals surface area (Å²) in [6.07, 6.45) is 2.54. The molecule has 1 aliphatic heterocycles. The summed E-state index contributed by atoms with van der Waals surface area (Å²) in [4.78, 5) is 14.6. The molecule has 0 spiro atoms. The highest BCUT2D eigenvalue weighted by atomic mass is 32.1. The number of rotatable bonds is 4. The monoisotopic (exact) mass is 268 g/mol. The molecule has 1 aromatic rings. The second-order valence-electron chi connectivity index (χ2n) is 5.01. The van der Waals surface area contributed by atoms with Crippen LogP contribution in [0, 0.1) is 5.92 Å². The Hall–Kier alpha value is -1.07. The van der Waals surface area contributed by atoms with E-state index in [1.54, 1.807) is 11.3 Å². The Morgan fingerprint density at radius 3 is 2.72 bits per heavy atom. The largest absolute Gasteiger partial charge is 0.481 e. The van der Waals surface area contributed by atoms with E-state index in [1.165, 1.54) is 4.88 Å². The van der Waals surface area contributed by atoms with Gasteiger partial charge < -0.3 is 15.7 Å². The molecule has 3 N–H and O–H groups in total. The van der Waals surface area contributed by atoms with Gasteiger partial charge in [0.25, 0.3) is 0 Å². The third kappa shape index (κ3) is 3.23. The first-order valence-electron chi connectivity index (χ1n) is 6.37. The number of thiophene rings is 1. The molecule has 1 aliphatic rings. The van der Waals surface area contributed by atoms with Crippen molar-refractivity contribution in [3.63, 3.8) is 0 Å². The summed E-state index contributed by atoms with van der Waals surface area (Å²) in [7, 11) is 0. The van der Waals surface area contributed by atoms with Crippen LogP contribution in [0.15, 0.2) is 12.1 Å². The number of carbonyl (C=O) groups is 1. The lowest BCUT2D eigenvalue weighted by Gasteiger charge is -2.34. The van der Waals surface area contributed by atoms with E-state index in [1.807, 2.05) is 6.07 Å². The van der Waals surface area contributed by atoms with Crippen molar-refractivity contribution in [2.75, 3.05) is 18.8 Å². The molecular weight excluding hydrogens is 248 g/mol. The Morgan fingerprint density at radius 1 is 1.56 bits per heavy atom. The van der Waals surface area contributed by atoms with Crippen molar-refractivity contribution in [1.82, 2.24) is 4.90 Å². The van der Waals surface area contributed by atoms with Gasteiger partial charge in [-0.2, -0.15) is 0 Å². The fourth-order valence-electron chi connectivity index (χ4n) is 2.51. The maximum absolute atomic E-state index is 10.9. The van der Waals surface area contributed by atoms with E-state index in [-0.39, 0.29) is 5.92 Å². The van der Waals surface area contributed by atoms with Crippen molar-refractivity contribution in [3.05, 3.63) is 17.0 Å². The Balaban J connectivity index is 1.84. The van der Waals surface area contributed by atoms with Crippen molar-refractivity contribution in [2.24, 2.45) is 5.92 Å². The lowest BCUT2D eigenvalue weighted by molar-refractivity contribution is -0.143. The number of nitrogens with two attached hydrogens (primary N) is 1. The standard InChI is InChI=1S/C13H20N2O2S/c1-9(8-11-2-3-12(14)18-11)15-6-4-10(5-7-15)13(16)17/h2-3,9-10H,4-8,14H2,1H3,(H,16,17). The van der Waals surface area contributed by atoms with Crippen molar-refractivity contribution in [1.29, 1.82) is 0 Å². The lowest BCUT2D eigenvalue weighted by atomic mass is 9.95. The molecule has 2 heterocycles. The minimum absolute atomic E-state index is 0.147. The molecule has 1 aromatic heterocycles. The lowest BCUT2D eigenvalue weighted by Crippen LogP contribution is -2.42. The van der Waals surface area contributed by atoms with Gasteiger partial charge in [0.05, 0.1) is 10.9 Å². The van der Waals surface area contributed by atoms with Gasteiger partial charge in [-0.1, -0.05) is 0 Å². The number of carboxylic acid groups (broad SMARTS) is 1. The summed E-state index contributed by atoms with van der Waals surface area (Å²) in [5.41, 5.74) is 5.72. The number of carboxylic acids is 1. The molecule has 0 radical (unpaired) electrons. The van der Waals surface area contributed by atoms with E-state index >= 15 is 0 Å². The predicted octanol–water partition coefficient (Wildman–Crippen LogP) is 2.06. The second-order valence-corrected chi connectivity index (χ2v) is 6.21. The van der Waals surface area contributed by atoms with Crippen LogP contribution in [-0.4, -0.2) is 35.1 Å². The van der Waals surface area contributed by atoms with Crippen LogP contribution in [-0.2, 0) is 11.2 Å². The third-order valence-electron chi connectivity index (χ3n) is 3.68. The number of nitrogens with zero attached hydrogens (tertiary/aromatic N) is 1. The molecule has 0 bridgehead atoms. The minimum Gasteiger partial charge on any atom is -0.481 e. The maximum atomic E-state index is 10.9. The van der Waals surface area contributed by atoms with Gasteiger partial charge in [0, 0.05) is 10.9 Å². The van der Waals surface area contributed by atoms with Crippen LogP contribution in [0.4, 0.5) is 5.00 Å². The fourth-order valence-corrected chi connectivity index (χ4v) is 3.41. The van der Waals surface area contributed by atoms with Crippen LogP contribution >= 0.6 is 11.3 Å². The summed E-state index contributed by atoms with van der Waals surface area (Å²) in [6.45, 7) is 3.98. The number of likely N-dealkylation sites (tertiary alicyclic amines) is 1. The summed E-state index contributed by atoms with van der Waals surface area (Å²) in [6, 6.07) is 4.49. The number of hydrogen-bond donors (Lipinski definition) is 2. The van der Waals surface area contributed by atoms with Gasteiger partial charge in [-0.3, -0.25) is 4.79 Å². The minimum atomic E-state index is -0.645. The molecule has 18 heavy (non-hydrogen) atoms. The van der Waals surface area contributed by atoms with Gasteiger partial charge in [0.15, 0.2) is 0 Å². The molecule has 0 aromatic carbocycles. The average molecular weight is 268 g/mol. The third-order valence-corrected chi connectivity index (χ3v) is 4.62. The molecule has 100 valence electrons. The Bertz CT molecular complexity index is 411. The Labute approximate surface area is 111 Å². The maximum Gasteiger partial charge on any atom is 0.306 e. The summed E-state index contributed by atoms with van der Waals surface area (Å²) >= 11 is 1.64. The topological polar surface area (TPSA) is 66.6 Å². The van der Waals surface area contributed by atoms with Crippen LogP contribution < -0.4 is 5.73 Å². The number of nitrogen functional groups attached to an aromatic ring is 1. The van der Waals surface area contributed by atoms with E-state index in [2.05, 4.69) is 17.9 Å². The predicted molar refractivity (Wildman–Crippen MR) is 73.8 cm³/mol. The van der Waals surface area contributed by atoms with Gasteiger partial charge in [-0.05, 0) is 51.4 Å². The summed E-state index contributed by atoms with van der Waals surface area (Å²) < 4.78 is 0. The first-order valence-corrected chi connectivity index (χ1v) is 7.19. The van der Waals surface area contributed by atoms with Gasteiger partial charge in [-0.15, -0.1) is 11.3 Å². The molecule has 1 atom stereocenters. The number of piperidine rings is 1. The molecular formula is C13H20N2O2S. The number of hydrogen-bond acceptors (Lipinski definition) is 4. The van der Waals surface area contributed by atoms with E-state index in [9.17, 15) is 4.79 Å². The zero-order valence-electron chi connectivity index (χ0n) is 10.6. The van der Waals surface area contributed by atoms with Gasteiger partial charge in [0.1, 0.15) is 0 Å². The normalized spacial score (nSPS) is 19.8. The van der Waals surface area contributed by atoms with E-state index in [4.69, 9.17) is 10.8 Å². The quantitative estimate of drug-likeness (QED) is 0.877. The molecule has 0 aliphatic carbocycles. The van der Waals surface area contributed by atoms with Crippen LogP contribution in [0.1, 0.15) is 24.6 Å². The molecule has 0 saturated carbocycles. The van der Waals surface area contributed by atoms with Gasteiger partial charge in [0.2, 0.25) is 0 Å². The zero-order valence-corrected chi connectivity index (χ0v) is 11.4. The van der Waals surface area contributed by atoms with E-state index < -0.39 is 5.97 Å². The zero-order chi connectivity index (χ0) is 13.1. The molecule has 5 heteroatoms. The SMILES string of the molecule is CC(Cc1ccc(N)s1)N1CCC(C(=O)O)CC1. The van der Waals surface area contributed by atoms with Crippen molar-refractivity contribution < 1.29 is 9.90 Å². The Kier molecular flexibility index (Phi) is 4.24. The molecule has 0 amide bonds. The van der Waals surface area contributed by atoms with E-state index in [0.717, 1.165) is 37.4 Å². The molecule has 4 nitrogen and oxygen atoms in total. The molecule has 1 saturated heterocycles. The van der Waals surface area contributed by atoms with Gasteiger partial charge in [-0.25, -0.2) is 0 Å². The number of anilines is 1. The highest BCUT2D eigenvalue weighted by Gasteiger charge is 2.26. The summed E-state index contributed by atoms with van der Waals surface area (Å²) in [5.74, 6) is -0.792. The van der Waals surface area contributed by atoms with Crippen molar-refractivity contribution in [3.8, 4) is 0 Å². The first-order chi connectivity index (χ1) is 8.56. The molecule has 1 unspecified atom stereocenters. The van der Waals surface area contributed by atoms with Crippen LogP contribution in [0.25, 0.3) is 0 Å². The molecule has 1 fully saturated rings. The number of aliphatic carboxylic acids is 1. The Morgan fingerprint density at radius 2 is 2.22 bits per heavy atom. The smallest absolute Gasteiger partial charge is 0.306 e. The van der Waals surface area contributed by atoms with Gasteiger partial charge >= 0.3 is 5.97 Å². The highest BCUT2D eigenvalue weighted by molar-refractivity contribution is 7.15. The van der Waals surface area contributed by atoms with Crippen LogP contribution in [0.5, 0.6) is 0 Å². The molecule has 2 rings (SSSR count). The van der Waals surface area contributed by atoms with Crippen molar-refractivity contribution in [2.45, 2.75) is 32.2 Å². The summed E-state index contributed by atoms with van der Waals surface area (Å²) in [5, 5.41) is 9.83. The van der Waals surface area contributed by atoms with E-state index in [0.29, 0.717) is 6.04 Å². The first kappa shape index (κ1) is 13.4. The van der Waals surface area contributed by atoms with Crippen LogP contribution in [0.3, 0.4) is 0 Å².